The maximum atomic E-state index is 13.0. The number of carbonyl (C=O) groups excluding carboxylic acids is 1. The highest BCUT2D eigenvalue weighted by Crippen LogP contribution is 2.29. The number of methoxy groups -OCH3 is 1. The zero-order chi connectivity index (χ0) is 10.7. The third-order valence-electron chi connectivity index (χ3n) is 1.68. The molecule has 0 bridgehead atoms. The van der Waals surface area contributed by atoms with Gasteiger partial charge in [-0.05, 0) is 12.1 Å². The minimum Gasteiger partial charge on any atom is -0.496 e. The van der Waals surface area contributed by atoms with E-state index < -0.39 is 11.6 Å². The Bertz CT molecular complexity index is 366. The molecule has 0 spiro atoms. The summed E-state index contributed by atoms with van der Waals surface area (Å²) in [5, 5.41) is -0.255. The van der Waals surface area contributed by atoms with Gasteiger partial charge in [-0.2, -0.15) is 0 Å². The van der Waals surface area contributed by atoms with E-state index in [1.807, 2.05) is 0 Å². The van der Waals surface area contributed by atoms with Gasteiger partial charge in [0.2, 0.25) is 0 Å². The van der Waals surface area contributed by atoms with E-state index >= 15 is 0 Å². The van der Waals surface area contributed by atoms with E-state index in [0.29, 0.717) is 0 Å². The average molecular weight is 237 g/mol. The third-order valence-corrected chi connectivity index (χ3v) is 2.29. The lowest BCUT2D eigenvalue weighted by molar-refractivity contribution is 0.101. The summed E-state index contributed by atoms with van der Waals surface area (Å²) < 4.78 is 17.9. The molecule has 0 atom stereocenters. The molecule has 1 aromatic rings. The molecule has 14 heavy (non-hydrogen) atoms. The second-order valence-corrected chi connectivity index (χ2v) is 3.14. The number of hydrogen-bond donors (Lipinski definition) is 0. The molecule has 1 rings (SSSR count). The van der Waals surface area contributed by atoms with Crippen molar-refractivity contribution in [2.45, 2.75) is 0 Å². The Morgan fingerprint density at radius 1 is 1.57 bits per heavy atom. The fraction of sp³-hybridized carbons (Fsp3) is 0.222. The highest BCUT2D eigenvalue weighted by Gasteiger charge is 2.18. The summed E-state index contributed by atoms with van der Waals surface area (Å²) in [6.07, 6.45) is 0. The predicted octanol–water partition coefficient (Wildman–Crippen LogP) is 2.91. The van der Waals surface area contributed by atoms with Gasteiger partial charge in [-0.3, -0.25) is 4.79 Å². The summed E-state index contributed by atoms with van der Waals surface area (Å²) in [4.78, 5) is 11.3. The van der Waals surface area contributed by atoms with Crippen molar-refractivity contribution in [3.05, 3.63) is 28.5 Å². The van der Waals surface area contributed by atoms with Crippen LogP contribution < -0.4 is 4.74 Å². The van der Waals surface area contributed by atoms with Crippen LogP contribution in [0.15, 0.2) is 12.1 Å². The lowest BCUT2D eigenvalue weighted by Gasteiger charge is -2.08. The summed E-state index contributed by atoms with van der Waals surface area (Å²) in [7, 11) is 1.37. The van der Waals surface area contributed by atoms with Gasteiger partial charge in [-0.15, -0.1) is 11.6 Å². The monoisotopic (exact) mass is 236 g/mol. The Labute approximate surface area is 90.6 Å². The van der Waals surface area contributed by atoms with Crippen LogP contribution in [0.3, 0.4) is 0 Å². The predicted molar refractivity (Wildman–Crippen MR) is 53.0 cm³/mol. The molecule has 0 aliphatic heterocycles. The van der Waals surface area contributed by atoms with Gasteiger partial charge in [0.05, 0.1) is 23.6 Å². The summed E-state index contributed by atoms with van der Waals surface area (Å²) >= 11 is 11.0. The molecule has 0 aliphatic rings. The van der Waals surface area contributed by atoms with Gasteiger partial charge in [-0.25, -0.2) is 4.39 Å². The number of ketones is 1. The number of halogens is 3. The van der Waals surface area contributed by atoms with Gasteiger partial charge in [-0.1, -0.05) is 11.6 Å². The molecule has 0 fully saturated rings. The summed E-state index contributed by atoms with van der Waals surface area (Å²) in [6, 6.07) is 2.47. The van der Waals surface area contributed by atoms with Crippen LogP contribution in [0.25, 0.3) is 0 Å². The van der Waals surface area contributed by atoms with Gasteiger partial charge in [0.25, 0.3) is 0 Å². The van der Waals surface area contributed by atoms with Crippen LogP contribution in [0.2, 0.25) is 5.02 Å². The van der Waals surface area contributed by atoms with Crippen LogP contribution in [0.1, 0.15) is 10.4 Å². The van der Waals surface area contributed by atoms with Crippen LogP contribution in [-0.4, -0.2) is 18.8 Å². The van der Waals surface area contributed by atoms with Crippen LogP contribution in [0.5, 0.6) is 5.75 Å². The molecule has 76 valence electrons. The van der Waals surface area contributed by atoms with E-state index in [-0.39, 0.29) is 22.2 Å². The number of Topliss-reactive ketones (excluding diaryl/α,β-unsaturated/α-hetero) is 1. The van der Waals surface area contributed by atoms with Gasteiger partial charge < -0.3 is 4.74 Å². The van der Waals surface area contributed by atoms with E-state index in [9.17, 15) is 9.18 Å². The van der Waals surface area contributed by atoms with E-state index in [1.165, 1.54) is 13.2 Å². The molecule has 0 amide bonds. The van der Waals surface area contributed by atoms with Gasteiger partial charge >= 0.3 is 0 Å². The molecule has 0 N–H and O–H groups in total. The normalized spacial score (nSPS) is 10.0. The van der Waals surface area contributed by atoms with Crippen LogP contribution in [0.4, 0.5) is 4.39 Å². The number of carbonyl (C=O) groups is 1. The van der Waals surface area contributed by atoms with Crippen LogP contribution in [-0.2, 0) is 0 Å². The smallest absolute Gasteiger partial charge is 0.182 e. The molecule has 0 saturated carbocycles. The number of alkyl halides is 1. The second kappa shape index (κ2) is 4.62. The van der Waals surface area contributed by atoms with E-state index in [0.717, 1.165) is 6.07 Å². The van der Waals surface area contributed by atoms with Gasteiger partial charge in [0.15, 0.2) is 5.78 Å². The quantitative estimate of drug-likeness (QED) is 0.596. The van der Waals surface area contributed by atoms with Crippen molar-refractivity contribution < 1.29 is 13.9 Å². The Morgan fingerprint density at radius 2 is 2.21 bits per heavy atom. The van der Waals surface area contributed by atoms with Crippen molar-refractivity contribution in [3.63, 3.8) is 0 Å². The first kappa shape index (κ1) is 11.3. The van der Waals surface area contributed by atoms with E-state index in [1.54, 1.807) is 0 Å². The summed E-state index contributed by atoms with van der Waals surface area (Å²) in [5.74, 6) is -1.17. The zero-order valence-electron chi connectivity index (χ0n) is 7.31. The van der Waals surface area contributed by atoms with Crippen molar-refractivity contribution in [1.82, 2.24) is 0 Å². The molecular weight excluding hydrogens is 230 g/mol. The first-order valence-electron chi connectivity index (χ1n) is 3.73. The Morgan fingerprint density at radius 3 is 2.71 bits per heavy atom. The highest BCUT2D eigenvalue weighted by molar-refractivity contribution is 6.37. The van der Waals surface area contributed by atoms with E-state index in [4.69, 9.17) is 27.9 Å². The van der Waals surface area contributed by atoms with Crippen molar-refractivity contribution >= 4 is 29.0 Å². The molecule has 2 nitrogen and oxygen atoms in total. The Hall–Kier alpha value is -0.800. The van der Waals surface area contributed by atoms with Crippen molar-refractivity contribution in [2.75, 3.05) is 13.0 Å². The fourth-order valence-electron chi connectivity index (χ4n) is 1.03. The number of benzene rings is 1. The largest absolute Gasteiger partial charge is 0.496 e. The number of ether oxygens (including phenoxy) is 1. The number of hydrogen-bond acceptors (Lipinski definition) is 2. The molecule has 0 heterocycles. The van der Waals surface area contributed by atoms with Crippen LogP contribution in [0, 0.1) is 5.82 Å². The average Bonchev–Trinajstić information content (AvgIpc) is 2.20. The molecule has 1 aromatic carbocycles. The lowest BCUT2D eigenvalue weighted by atomic mass is 10.1. The van der Waals surface area contributed by atoms with Gasteiger partial charge in [0, 0.05) is 0 Å². The first-order chi connectivity index (χ1) is 6.61. The fourth-order valence-corrected chi connectivity index (χ4v) is 1.42. The number of rotatable bonds is 3. The minimum absolute atomic E-state index is 0.0100. The van der Waals surface area contributed by atoms with Crippen LogP contribution >= 0.6 is 23.2 Å². The Kier molecular flexibility index (Phi) is 3.72. The first-order valence-corrected chi connectivity index (χ1v) is 4.64. The molecule has 0 aliphatic carbocycles. The third kappa shape index (κ3) is 1.99. The Balaban J connectivity index is 3.35. The SMILES string of the molecule is COc1ccc(F)c(Cl)c1C(=O)CCl. The highest BCUT2D eigenvalue weighted by atomic mass is 35.5. The zero-order valence-corrected chi connectivity index (χ0v) is 8.82. The van der Waals surface area contributed by atoms with Crippen molar-refractivity contribution in [3.8, 4) is 5.75 Å². The topological polar surface area (TPSA) is 26.3 Å². The van der Waals surface area contributed by atoms with Crippen molar-refractivity contribution in [1.29, 1.82) is 0 Å². The molecule has 0 unspecified atom stereocenters. The second-order valence-electron chi connectivity index (χ2n) is 2.50. The summed E-state index contributed by atoms with van der Waals surface area (Å²) in [5.41, 5.74) is -0.0100. The van der Waals surface area contributed by atoms with Gasteiger partial charge in [0.1, 0.15) is 11.6 Å². The molecular formula is C9H7Cl2FO2. The lowest BCUT2D eigenvalue weighted by Crippen LogP contribution is -2.05. The van der Waals surface area contributed by atoms with E-state index in [2.05, 4.69) is 0 Å². The molecule has 0 aromatic heterocycles. The van der Waals surface area contributed by atoms with Crippen molar-refractivity contribution in [2.24, 2.45) is 0 Å². The minimum atomic E-state index is -0.666. The molecule has 0 radical (unpaired) electrons. The molecule has 0 saturated heterocycles. The maximum Gasteiger partial charge on any atom is 0.182 e. The molecule has 5 heteroatoms. The standard InChI is InChI=1S/C9H7Cl2FO2/c1-14-7-3-2-5(12)9(11)8(7)6(13)4-10/h2-3H,4H2,1H3. The summed E-state index contributed by atoms with van der Waals surface area (Å²) in [6.45, 7) is 0. The maximum absolute atomic E-state index is 13.0.